The molecule has 0 aliphatic rings. The van der Waals surface area contributed by atoms with Crippen LogP contribution in [-0.2, 0) is 0 Å². The smallest absolute Gasteiger partial charge is 0.148 e. The van der Waals surface area contributed by atoms with Crippen LogP contribution in [0.1, 0.15) is 6.42 Å². The summed E-state index contributed by atoms with van der Waals surface area (Å²) in [6.07, 6.45) is 4.14. The van der Waals surface area contributed by atoms with Crippen molar-refractivity contribution in [1.82, 2.24) is 9.97 Å². The fourth-order valence-corrected chi connectivity index (χ4v) is 1.24. The fourth-order valence-electron chi connectivity index (χ4n) is 0.764. The maximum atomic E-state index is 5.77. The van der Waals surface area contributed by atoms with Crippen LogP contribution >= 0.6 is 27.5 Å². The van der Waals surface area contributed by atoms with Crippen LogP contribution < -0.4 is 5.32 Å². The Bertz CT molecular complexity index is 303. The van der Waals surface area contributed by atoms with Crippen molar-refractivity contribution in [3.05, 3.63) is 28.6 Å². The van der Waals surface area contributed by atoms with Crippen molar-refractivity contribution in [3.8, 4) is 0 Å². The molecule has 0 spiro atoms. The number of nitrogens with one attached hydrogen (secondary N) is 1. The number of halogens is 2. The number of aromatic nitrogens is 2. The van der Waals surface area contributed by atoms with Crippen molar-refractivity contribution in [2.45, 2.75) is 6.42 Å². The van der Waals surface area contributed by atoms with Crippen molar-refractivity contribution in [3.63, 3.8) is 0 Å². The van der Waals surface area contributed by atoms with Gasteiger partial charge in [-0.05, 0) is 22.4 Å². The standard InChI is InChI=1S/C8H9BrClN3/c1-2-3-4-11-8-6(9)7(10)12-5-13-8/h2,5H,1,3-4H2,(H,11,12,13). The van der Waals surface area contributed by atoms with Gasteiger partial charge in [0.2, 0.25) is 0 Å². The van der Waals surface area contributed by atoms with E-state index >= 15 is 0 Å². The minimum absolute atomic E-state index is 0.413. The Kier molecular flexibility index (Phi) is 4.18. The highest BCUT2D eigenvalue weighted by Crippen LogP contribution is 2.25. The zero-order valence-corrected chi connectivity index (χ0v) is 9.27. The summed E-state index contributed by atoms with van der Waals surface area (Å²) in [5.41, 5.74) is 0. The number of rotatable bonds is 4. The molecule has 5 heteroatoms. The Labute approximate surface area is 90.4 Å². The molecule has 1 aromatic rings. The normalized spacial score (nSPS) is 9.69. The summed E-state index contributed by atoms with van der Waals surface area (Å²) in [4.78, 5) is 7.84. The van der Waals surface area contributed by atoms with Crippen LogP contribution in [0.4, 0.5) is 5.82 Å². The van der Waals surface area contributed by atoms with Gasteiger partial charge in [-0.2, -0.15) is 0 Å². The third kappa shape index (κ3) is 2.97. The van der Waals surface area contributed by atoms with Gasteiger partial charge in [-0.1, -0.05) is 17.7 Å². The molecule has 0 unspecified atom stereocenters. The average Bonchev–Trinajstić information content (AvgIpc) is 2.13. The van der Waals surface area contributed by atoms with E-state index in [9.17, 15) is 0 Å². The van der Waals surface area contributed by atoms with Gasteiger partial charge in [0.15, 0.2) is 0 Å². The van der Waals surface area contributed by atoms with Crippen molar-refractivity contribution in [2.24, 2.45) is 0 Å². The first-order valence-electron chi connectivity index (χ1n) is 3.76. The van der Waals surface area contributed by atoms with Gasteiger partial charge < -0.3 is 5.32 Å². The maximum absolute atomic E-state index is 5.77. The molecule has 13 heavy (non-hydrogen) atoms. The van der Waals surface area contributed by atoms with Gasteiger partial charge in [0.05, 0.1) is 4.47 Å². The van der Waals surface area contributed by atoms with Crippen LogP contribution in [0.25, 0.3) is 0 Å². The fraction of sp³-hybridized carbons (Fsp3) is 0.250. The molecule has 3 nitrogen and oxygen atoms in total. The molecule has 1 N–H and O–H groups in total. The van der Waals surface area contributed by atoms with Gasteiger partial charge in [-0.3, -0.25) is 0 Å². The lowest BCUT2D eigenvalue weighted by Gasteiger charge is -2.05. The molecule has 0 aliphatic carbocycles. The lowest BCUT2D eigenvalue weighted by atomic mass is 10.4. The second-order valence-electron chi connectivity index (χ2n) is 2.33. The van der Waals surface area contributed by atoms with E-state index in [0.717, 1.165) is 13.0 Å². The van der Waals surface area contributed by atoms with Crippen molar-refractivity contribution < 1.29 is 0 Å². The molecule has 1 aromatic heterocycles. The van der Waals surface area contributed by atoms with Crippen LogP contribution in [0.15, 0.2) is 23.5 Å². The van der Waals surface area contributed by atoms with Crippen LogP contribution in [-0.4, -0.2) is 16.5 Å². The van der Waals surface area contributed by atoms with Gasteiger partial charge in [0.25, 0.3) is 0 Å². The van der Waals surface area contributed by atoms with Crippen LogP contribution in [0.2, 0.25) is 5.15 Å². The lowest BCUT2D eigenvalue weighted by molar-refractivity contribution is 1.03. The van der Waals surface area contributed by atoms with Gasteiger partial charge in [-0.15, -0.1) is 6.58 Å². The topological polar surface area (TPSA) is 37.8 Å². The van der Waals surface area contributed by atoms with E-state index < -0.39 is 0 Å². The Morgan fingerprint density at radius 1 is 1.62 bits per heavy atom. The number of nitrogens with zero attached hydrogens (tertiary/aromatic N) is 2. The van der Waals surface area contributed by atoms with E-state index in [1.54, 1.807) is 0 Å². The summed E-state index contributed by atoms with van der Waals surface area (Å²) in [5, 5.41) is 3.51. The van der Waals surface area contributed by atoms with Gasteiger partial charge in [0.1, 0.15) is 17.3 Å². The van der Waals surface area contributed by atoms with Gasteiger partial charge in [-0.25, -0.2) is 9.97 Å². The molecule has 0 amide bonds. The van der Waals surface area contributed by atoms with E-state index in [4.69, 9.17) is 11.6 Å². The molecule has 0 fully saturated rings. The van der Waals surface area contributed by atoms with E-state index in [-0.39, 0.29) is 0 Å². The molecule has 1 rings (SSSR count). The summed E-state index contributed by atoms with van der Waals surface area (Å²) in [5.74, 6) is 0.710. The molecule has 0 saturated heterocycles. The zero-order chi connectivity index (χ0) is 9.68. The zero-order valence-electron chi connectivity index (χ0n) is 6.93. The van der Waals surface area contributed by atoms with E-state index in [1.165, 1.54) is 6.33 Å². The van der Waals surface area contributed by atoms with E-state index in [1.807, 2.05) is 6.08 Å². The Hall–Kier alpha value is -0.610. The van der Waals surface area contributed by atoms with Gasteiger partial charge >= 0.3 is 0 Å². The predicted molar refractivity (Wildman–Crippen MR) is 58.0 cm³/mol. The average molecular weight is 263 g/mol. The molecule has 0 atom stereocenters. The highest BCUT2D eigenvalue weighted by atomic mass is 79.9. The summed E-state index contributed by atoms with van der Waals surface area (Å²) < 4.78 is 0.695. The first kappa shape index (κ1) is 10.5. The van der Waals surface area contributed by atoms with Crippen LogP contribution in [0.5, 0.6) is 0 Å². The monoisotopic (exact) mass is 261 g/mol. The maximum Gasteiger partial charge on any atom is 0.148 e. The molecule has 1 heterocycles. The largest absolute Gasteiger partial charge is 0.369 e. The SMILES string of the molecule is C=CCCNc1ncnc(Cl)c1Br. The van der Waals surface area contributed by atoms with Crippen LogP contribution in [0.3, 0.4) is 0 Å². The Morgan fingerprint density at radius 2 is 2.38 bits per heavy atom. The van der Waals surface area contributed by atoms with Gasteiger partial charge in [0, 0.05) is 6.54 Å². The summed E-state index contributed by atoms with van der Waals surface area (Å²) >= 11 is 9.06. The van der Waals surface area contributed by atoms with Crippen molar-refractivity contribution in [2.75, 3.05) is 11.9 Å². The molecule has 0 bridgehead atoms. The van der Waals surface area contributed by atoms with E-state index in [0.29, 0.717) is 15.4 Å². The predicted octanol–water partition coefficient (Wildman–Crippen LogP) is 2.88. The number of hydrogen-bond acceptors (Lipinski definition) is 3. The number of anilines is 1. The molecule has 0 radical (unpaired) electrons. The molecular weight excluding hydrogens is 253 g/mol. The third-order valence-electron chi connectivity index (χ3n) is 1.39. The minimum Gasteiger partial charge on any atom is -0.369 e. The first-order chi connectivity index (χ1) is 6.25. The quantitative estimate of drug-likeness (QED) is 0.515. The highest BCUT2D eigenvalue weighted by molar-refractivity contribution is 9.10. The van der Waals surface area contributed by atoms with Crippen molar-refractivity contribution >= 4 is 33.3 Å². The lowest BCUT2D eigenvalue weighted by Crippen LogP contribution is -2.03. The second-order valence-corrected chi connectivity index (χ2v) is 3.48. The van der Waals surface area contributed by atoms with Crippen molar-refractivity contribution in [1.29, 1.82) is 0 Å². The molecule has 70 valence electrons. The molecule has 0 aromatic carbocycles. The molecule has 0 aliphatic heterocycles. The molecule has 0 saturated carbocycles. The second kappa shape index (κ2) is 5.19. The highest BCUT2D eigenvalue weighted by Gasteiger charge is 2.04. The van der Waals surface area contributed by atoms with E-state index in [2.05, 4.69) is 37.8 Å². The van der Waals surface area contributed by atoms with Crippen LogP contribution in [0, 0.1) is 0 Å². The third-order valence-corrected chi connectivity index (χ3v) is 2.65. The summed E-state index contributed by atoms with van der Waals surface area (Å²) in [6.45, 7) is 4.41. The molecular formula is C8H9BrClN3. The first-order valence-corrected chi connectivity index (χ1v) is 4.93. The minimum atomic E-state index is 0.413. The summed E-state index contributed by atoms with van der Waals surface area (Å²) in [6, 6.07) is 0. The summed E-state index contributed by atoms with van der Waals surface area (Å²) in [7, 11) is 0. The number of hydrogen-bond donors (Lipinski definition) is 1. The Balaban J connectivity index is 2.65. The Morgan fingerprint density at radius 3 is 3.08 bits per heavy atom.